The number of nitrogens with zero attached hydrogens (tertiary/aromatic N) is 1. The number of rotatable bonds is 1. The normalized spacial score (nSPS) is 22.1. The Balaban J connectivity index is 2.17. The van der Waals surface area contributed by atoms with Gasteiger partial charge in [0.15, 0.2) is 11.5 Å². The van der Waals surface area contributed by atoms with Crippen molar-refractivity contribution in [1.82, 2.24) is 0 Å². The van der Waals surface area contributed by atoms with Gasteiger partial charge in [0.2, 0.25) is 5.88 Å². The zero-order valence-corrected chi connectivity index (χ0v) is 10.2. The van der Waals surface area contributed by atoms with Gasteiger partial charge in [-0.2, -0.15) is 5.26 Å². The minimum atomic E-state index is -0.249. The van der Waals surface area contributed by atoms with Crippen LogP contribution in [0, 0.1) is 11.3 Å². The molecule has 1 heterocycles. The predicted molar refractivity (Wildman–Crippen MR) is 68.4 cm³/mol. The molecule has 0 spiro atoms. The lowest BCUT2D eigenvalue weighted by Crippen LogP contribution is -2.20. The highest BCUT2D eigenvalue weighted by Gasteiger charge is 2.38. The van der Waals surface area contributed by atoms with Crippen LogP contribution in [0.1, 0.15) is 24.3 Å². The Morgan fingerprint density at radius 3 is 2.68 bits per heavy atom. The number of carbonyl (C=O) groups excluding carboxylic acids is 1. The summed E-state index contributed by atoms with van der Waals surface area (Å²) in [5, 5.41) is 9.30. The molecule has 0 saturated heterocycles. The van der Waals surface area contributed by atoms with Crippen LogP contribution in [0.25, 0.3) is 0 Å². The van der Waals surface area contributed by atoms with E-state index in [1.807, 2.05) is 30.3 Å². The largest absolute Gasteiger partial charge is 0.437 e. The third kappa shape index (κ3) is 1.71. The molecule has 0 unspecified atom stereocenters. The summed E-state index contributed by atoms with van der Waals surface area (Å²) in [6.07, 6.45) is 1.06. The number of ether oxygens (including phenoxy) is 1. The average Bonchev–Trinajstić information content (AvgIpc) is 2.79. The van der Waals surface area contributed by atoms with Crippen molar-refractivity contribution in [1.29, 1.82) is 5.26 Å². The van der Waals surface area contributed by atoms with E-state index in [4.69, 9.17) is 10.5 Å². The smallest absolute Gasteiger partial charge is 0.205 e. The first-order chi connectivity index (χ1) is 9.22. The van der Waals surface area contributed by atoms with E-state index in [0.29, 0.717) is 24.2 Å². The molecular formula is C15H12N2O2. The highest BCUT2D eigenvalue weighted by atomic mass is 16.5. The molecule has 1 aromatic rings. The number of carbonyl (C=O) groups is 1. The number of allylic oxidation sites excluding steroid dienone is 3. The molecule has 1 aromatic carbocycles. The Morgan fingerprint density at radius 1 is 1.26 bits per heavy atom. The van der Waals surface area contributed by atoms with Crippen LogP contribution < -0.4 is 5.73 Å². The summed E-state index contributed by atoms with van der Waals surface area (Å²) < 4.78 is 5.34. The maximum atomic E-state index is 11.8. The number of nitriles is 1. The van der Waals surface area contributed by atoms with E-state index in [2.05, 4.69) is 6.07 Å². The van der Waals surface area contributed by atoms with Crippen molar-refractivity contribution in [3.8, 4) is 6.07 Å². The fourth-order valence-corrected chi connectivity index (χ4v) is 2.67. The molecule has 0 amide bonds. The Kier molecular flexibility index (Phi) is 2.60. The van der Waals surface area contributed by atoms with Crippen molar-refractivity contribution in [3.63, 3.8) is 0 Å². The number of ketones is 1. The van der Waals surface area contributed by atoms with E-state index in [1.165, 1.54) is 0 Å². The lowest BCUT2D eigenvalue weighted by Gasteiger charge is -2.25. The fraction of sp³-hybridized carbons (Fsp3) is 0.200. The molecule has 3 rings (SSSR count). The number of nitrogens with two attached hydrogens (primary N) is 1. The van der Waals surface area contributed by atoms with Crippen LogP contribution in [0.2, 0.25) is 0 Å². The van der Waals surface area contributed by atoms with Crippen molar-refractivity contribution >= 4 is 5.78 Å². The molecule has 2 aliphatic rings. The van der Waals surface area contributed by atoms with Crippen molar-refractivity contribution in [2.45, 2.75) is 18.8 Å². The van der Waals surface area contributed by atoms with Gasteiger partial charge >= 0.3 is 0 Å². The fourth-order valence-electron chi connectivity index (χ4n) is 2.67. The second-order valence-electron chi connectivity index (χ2n) is 4.61. The summed E-state index contributed by atoms with van der Waals surface area (Å²) in [6, 6.07) is 11.7. The van der Waals surface area contributed by atoms with Crippen LogP contribution in [0.15, 0.2) is 53.1 Å². The van der Waals surface area contributed by atoms with Gasteiger partial charge in [-0.1, -0.05) is 30.3 Å². The quantitative estimate of drug-likeness (QED) is 0.830. The van der Waals surface area contributed by atoms with E-state index < -0.39 is 0 Å². The van der Waals surface area contributed by atoms with Crippen LogP contribution in [-0.2, 0) is 9.53 Å². The maximum Gasteiger partial charge on any atom is 0.205 e. The molecule has 1 atom stereocenters. The van der Waals surface area contributed by atoms with E-state index in [0.717, 1.165) is 11.1 Å². The summed E-state index contributed by atoms with van der Waals surface area (Å²) in [6.45, 7) is 0. The zero-order chi connectivity index (χ0) is 13.4. The molecule has 4 heteroatoms. The van der Waals surface area contributed by atoms with Crippen LogP contribution in [0.3, 0.4) is 0 Å². The van der Waals surface area contributed by atoms with Crippen molar-refractivity contribution in [3.05, 3.63) is 58.7 Å². The highest BCUT2D eigenvalue weighted by molar-refractivity contribution is 5.98. The van der Waals surface area contributed by atoms with Gasteiger partial charge < -0.3 is 10.5 Å². The molecule has 4 nitrogen and oxygen atoms in total. The van der Waals surface area contributed by atoms with E-state index in [-0.39, 0.29) is 17.6 Å². The predicted octanol–water partition coefficient (Wildman–Crippen LogP) is 2.11. The monoisotopic (exact) mass is 252 g/mol. The summed E-state index contributed by atoms with van der Waals surface area (Å²) in [5.41, 5.74) is 8.01. The molecule has 0 bridgehead atoms. The molecule has 19 heavy (non-hydrogen) atoms. The molecule has 94 valence electrons. The minimum absolute atomic E-state index is 0.0316. The van der Waals surface area contributed by atoms with Gasteiger partial charge in [0, 0.05) is 12.3 Å². The summed E-state index contributed by atoms with van der Waals surface area (Å²) in [7, 11) is 0. The number of Topliss-reactive ketones (excluding diaryl/α,β-unsaturated/α-hetero) is 1. The summed E-state index contributed by atoms with van der Waals surface area (Å²) >= 11 is 0. The first-order valence-corrected chi connectivity index (χ1v) is 6.11. The highest BCUT2D eigenvalue weighted by Crippen LogP contribution is 2.44. The van der Waals surface area contributed by atoms with Crippen LogP contribution in [0.5, 0.6) is 0 Å². The molecular weight excluding hydrogens is 240 g/mol. The first-order valence-electron chi connectivity index (χ1n) is 6.11. The average molecular weight is 252 g/mol. The van der Waals surface area contributed by atoms with Crippen LogP contribution in [-0.4, -0.2) is 5.78 Å². The Hall–Kier alpha value is -2.54. The first kappa shape index (κ1) is 11.5. The molecule has 0 saturated carbocycles. The molecule has 1 aliphatic heterocycles. The van der Waals surface area contributed by atoms with Crippen LogP contribution in [0.4, 0.5) is 0 Å². The SMILES string of the molecule is N#CC1=C(N)OC2=C(CCC2=O)[C@H]1c1ccccc1. The molecule has 1 aliphatic carbocycles. The van der Waals surface area contributed by atoms with Gasteiger partial charge in [-0.15, -0.1) is 0 Å². The number of benzene rings is 1. The number of hydrogen-bond donors (Lipinski definition) is 1. The topological polar surface area (TPSA) is 76.1 Å². The Bertz CT molecular complexity index is 650. The zero-order valence-electron chi connectivity index (χ0n) is 10.2. The van der Waals surface area contributed by atoms with Gasteiger partial charge in [0.1, 0.15) is 11.6 Å². The standard InChI is InChI=1S/C15H12N2O2/c16-8-11-13(9-4-2-1-3-5-9)10-6-7-12(18)14(10)19-15(11)17/h1-5,13H,6-7,17H2/t13-/m1/s1. The summed E-state index contributed by atoms with van der Waals surface area (Å²) in [4.78, 5) is 11.8. The van der Waals surface area contributed by atoms with Crippen LogP contribution >= 0.6 is 0 Å². The molecule has 0 aromatic heterocycles. The lowest BCUT2D eigenvalue weighted by atomic mass is 9.83. The second kappa shape index (κ2) is 4.29. The molecule has 0 radical (unpaired) electrons. The van der Waals surface area contributed by atoms with E-state index in [1.54, 1.807) is 0 Å². The van der Waals surface area contributed by atoms with Crippen molar-refractivity contribution < 1.29 is 9.53 Å². The lowest BCUT2D eigenvalue weighted by molar-refractivity contribution is -0.117. The maximum absolute atomic E-state index is 11.8. The van der Waals surface area contributed by atoms with Gasteiger partial charge in [-0.3, -0.25) is 4.79 Å². The van der Waals surface area contributed by atoms with Gasteiger partial charge in [0.25, 0.3) is 0 Å². The number of hydrogen-bond acceptors (Lipinski definition) is 4. The minimum Gasteiger partial charge on any atom is -0.437 e. The second-order valence-corrected chi connectivity index (χ2v) is 4.61. The summed E-state index contributed by atoms with van der Waals surface area (Å²) in [5.74, 6) is 0.105. The molecule has 0 fully saturated rings. The van der Waals surface area contributed by atoms with Crippen molar-refractivity contribution in [2.24, 2.45) is 5.73 Å². The van der Waals surface area contributed by atoms with Gasteiger partial charge in [0.05, 0.1) is 0 Å². The van der Waals surface area contributed by atoms with E-state index >= 15 is 0 Å². The van der Waals surface area contributed by atoms with Crippen molar-refractivity contribution in [2.75, 3.05) is 0 Å². The Morgan fingerprint density at radius 2 is 2.00 bits per heavy atom. The van der Waals surface area contributed by atoms with E-state index in [9.17, 15) is 10.1 Å². The third-order valence-electron chi connectivity index (χ3n) is 3.53. The molecule has 2 N–H and O–H groups in total. The van der Waals surface area contributed by atoms with Gasteiger partial charge in [-0.05, 0) is 17.6 Å². The third-order valence-corrected chi connectivity index (χ3v) is 3.53. The van der Waals surface area contributed by atoms with Gasteiger partial charge in [-0.25, -0.2) is 0 Å². The Labute approximate surface area is 110 Å².